The largest absolute Gasteiger partial charge is 0.392 e. The van der Waals surface area contributed by atoms with Crippen molar-refractivity contribution in [3.8, 4) is 6.07 Å². The minimum atomic E-state index is -0.558. The molecule has 2 N–H and O–H groups in total. The Labute approximate surface area is 146 Å². The molecule has 0 spiro atoms. The molecule has 0 aromatic heterocycles. The number of carbonyl (C=O) groups is 1. The minimum absolute atomic E-state index is 0.0816. The molecular weight excluding hydrogens is 321 g/mol. The first-order chi connectivity index (χ1) is 12.0. The molecule has 0 saturated heterocycles. The van der Waals surface area contributed by atoms with Gasteiger partial charge >= 0.3 is 0 Å². The molecule has 130 valence electrons. The third kappa shape index (κ3) is 5.03. The van der Waals surface area contributed by atoms with Crippen LogP contribution in [0.3, 0.4) is 0 Å². The molecule has 0 heterocycles. The quantitative estimate of drug-likeness (QED) is 0.811. The summed E-state index contributed by atoms with van der Waals surface area (Å²) in [6.45, 7) is 1.86. The van der Waals surface area contributed by atoms with Gasteiger partial charge in [-0.15, -0.1) is 0 Å². The van der Waals surface area contributed by atoms with E-state index in [1.54, 1.807) is 31.2 Å². The summed E-state index contributed by atoms with van der Waals surface area (Å²) in [7, 11) is 0. The molecule has 0 aliphatic rings. The molecule has 1 unspecified atom stereocenters. The van der Waals surface area contributed by atoms with E-state index >= 15 is 0 Å². The van der Waals surface area contributed by atoms with Gasteiger partial charge in [0.25, 0.3) is 0 Å². The summed E-state index contributed by atoms with van der Waals surface area (Å²) in [6.07, 6.45) is 0.176. The van der Waals surface area contributed by atoms with Crippen LogP contribution in [0, 0.1) is 17.1 Å². The van der Waals surface area contributed by atoms with Crippen molar-refractivity contribution >= 4 is 17.3 Å². The maximum absolute atomic E-state index is 13.1. The molecule has 0 aliphatic heterocycles. The van der Waals surface area contributed by atoms with Gasteiger partial charge in [-0.05, 0) is 48.9 Å². The molecule has 1 atom stereocenters. The number of rotatable bonds is 7. The van der Waals surface area contributed by atoms with Gasteiger partial charge in [0.2, 0.25) is 5.91 Å². The summed E-state index contributed by atoms with van der Waals surface area (Å²) in [6, 6.07) is 14.2. The summed E-state index contributed by atoms with van der Waals surface area (Å²) in [5.41, 5.74) is 2.00. The van der Waals surface area contributed by atoms with Gasteiger partial charge in [0.1, 0.15) is 11.9 Å². The average molecular weight is 341 g/mol. The Bertz CT molecular complexity index is 756. The predicted molar refractivity (Wildman–Crippen MR) is 94.4 cm³/mol. The molecule has 5 nitrogen and oxygen atoms in total. The standard InChI is InChI=1S/C19H20FN3O2/c1-14(22-17-5-2-4-15(12-17)13-24)19(25)23(11-3-10-21)18-8-6-16(20)7-9-18/h2,4-9,12,14,22,24H,3,11,13H2,1H3. The highest BCUT2D eigenvalue weighted by Crippen LogP contribution is 2.18. The van der Waals surface area contributed by atoms with Gasteiger partial charge in [-0.25, -0.2) is 4.39 Å². The van der Waals surface area contributed by atoms with Crippen LogP contribution in [0.2, 0.25) is 0 Å². The number of carbonyl (C=O) groups excluding carboxylic acids is 1. The lowest BCUT2D eigenvalue weighted by Gasteiger charge is -2.26. The van der Waals surface area contributed by atoms with Gasteiger partial charge in [0, 0.05) is 17.9 Å². The summed E-state index contributed by atoms with van der Waals surface area (Å²) in [5.74, 6) is -0.611. The lowest BCUT2D eigenvalue weighted by atomic mass is 10.1. The Balaban J connectivity index is 2.16. The molecule has 0 saturated carbocycles. The van der Waals surface area contributed by atoms with Crippen LogP contribution in [-0.2, 0) is 11.4 Å². The van der Waals surface area contributed by atoms with Crippen LogP contribution in [0.1, 0.15) is 18.9 Å². The highest BCUT2D eigenvalue weighted by Gasteiger charge is 2.22. The van der Waals surface area contributed by atoms with E-state index in [-0.39, 0.29) is 31.3 Å². The zero-order chi connectivity index (χ0) is 18.2. The lowest BCUT2D eigenvalue weighted by Crippen LogP contribution is -2.42. The second kappa shape index (κ2) is 8.81. The molecule has 6 heteroatoms. The van der Waals surface area contributed by atoms with Crippen molar-refractivity contribution in [3.05, 3.63) is 59.9 Å². The van der Waals surface area contributed by atoms with Crippen LogP contribution in [0.15, 0.2) is 48.5 Å². The zero-order valence-corrected chi connectivity index (χ0v) is 13.9. The second-order valence-electron chi connectivity index (χ2n) is 5.60. The van der Waals surface area contributed by atoms with Gasteiger partial charge in [-0.1, -0.05) is 12.1 Å². The molecule has 1 amide bonds. The van der Waals surface area contributed by atoms with Gasteiger partial charge < -0.3 is 15.3 Å². The molecule has 0 fully saturated rings. The monoisotopic (exact) mass is 341 g/mol. The van der Waals surface area contributed by atoms with E-state index in [1.807, 2.05) is 6.07 Å². The van der Waals surface area contributed by atoms with Gasteiger partial charge in [0.05, 0.1) is 19.1 Å². The van der Waals surface area contributed by atoms with Crippen molar-refractivity contribution in [2.75, 3.05) is 16.8 Å². The fourth-order valence-electron chi connectivity index (χ4n) is 2.45. The average Bonchev–Trinajstić information content (AvgIpc) is 2.63. The summed E-state index contributed by atoms with van der Waals surface area (Å²) >= 11 is 0. The van der Waals surface area contributed by atoms with Crippen LogP contribution in [-0.4, -0.2) is 23.6 Å². The molecule has 0 radical (unpaired) electrons. The van der Waals surface area contributed by atoms with Crippen LogP contribution >= 0.6 is 0 Å². The number of hydrogen-bond acceptors (Lipinski definition) is 4. The Kier molecular flexibility index (Phi) is 6.49. The van der Waals surface area contributed by atoms with Crippen molar-refractivity contribution in [2.45, 2.75) is 26.0 Å². The maximum atomic E-state index is 13.1. The van der Waals surface area contributed by atoms with Crippen LogP contribution in [0.4, 0.5) is 15.8 Å². The molecule has 2 aromatic rings. The molecule has 2 aromatic carbocycles. The van der Waals surface area contributed by atoms with E-state index in [9.17, 15) is 14.3 Å². The Morgan fingerprint density at radius 1 is 1.32 bits per heavy atom. The van der Waals surface area contributed by atoms with E-state index in [0.29, 0.717) is 11.4 Å². The first kappa shape index (κ1) is 18.4. The number of benzene rings is 2. The Hall–Kier alpha value is -2.91. The third-order valence-corrected chi connectivity index (χ3v) is 3.71. The summed E-state index contributed by atoms with van der Waals surface area (Å²) in [4.78, 5) is 14.3. The Morgan fingerprint density at radius 3 is 2.68 bits per heavy atom. The smallest absolute Gasteiger partial charge is 0.249 e. The summed E-state index contributed by atoms with van der Waals surface area (Å²) < 4.78 is 13.1. The number of aliphatic hydroxyl groups excluding tert-OH is 1. The second-order valence-corrected chi connectivity index (χ2v) is 5.60. The van der Waals surface area contributed by atoms with Crippen LogP contribution in [0.25, 0.3) is 0 Å². The van der Waals surface area contributed by atoms with E-state index < -0.39 is 6.04 Å². The fraction of sp³-hybridized carbons (Fsp3) is 0.263. The van der Waals surface area contributed by atoms with Crippen molar-refractivity contribution in [3.63, 3.8) is 0 Å². The van der Waals surface area contributed by atoms with Gasteiger partial charge in [0.15, 0.2) is 0 Å². The number of anilines is 2. The first-order valence-electron chi connectivity index (χ1n) is 7.95. The SMILES string of the molecule is CC(Nc1cccc(CO)c1)C(=O)N(CCC#N)c1ccc(F)cc1. The number of nitrogens with one attached hydrogen (secondary N) is 1. The molecule has 0 aliphatic carbocycles. The Morgan fingerprint density at radius 2 is 2.04 bits per heavy atom. The predicted octanol–water partition coefficient (Wildman–Crippen LogP) is 3.07. The number of halogens is 1. The molecule has 2 rings (SSSR count). The van der Waals surface area contributed by atoms with Gasteiger partial charge in [-0.3, -0.25) is 4.79 Å². The minimum Gasteiger partial charge on any atom is -0.392 e. The normalized spacial score (nSPS) is 11.4. The van der Waals surface area contributed by atoms with E-state index in [0.717, 1.165) is 5.56 Å². The number of nitrogens with zero attached hydrogens (tertiary/aromatic N) is 2. The van der Waals surface area contributed by atoms with Crippen LogP contribution < -0.4 is 10.2 Å². The van der Waals surface area contributed by atoms with Crippen LogP contribution in [0.5, 0.6) is 0 Å². The summed E-state index contributed by atoms with van der Waals surface area (Å²) in [5, 5.41) is 21.1. The number of nitriles is 1. The van der Waals surface area contributed by atoms with Crippen molar-refractivity contribution in [1.82, 2.24) is 0 Å². The first-order valence-corrected chi connectivity index (χ1v) is 7.95. The van der Waals surface area contributed by atoms with Gasteiger partial charge in [-0.2, -0.15) is 5.26 Å². The highest BCUT2D eigenvalue weighted by atomic mass is 19.1. The van der Waals surface area contributed by atoms with Crippen molar-refractivity contribution in [2.24, 2.45) is 0 Å². The third-order valence-electron chi connectivity index (χ3n) is 3.71. The molecular formula is C19H20FN3O2. The lowest BCUT2D eigenvalue weighted by molar-refractivity contribution is -0.119. The zero-order valence-electron chi connectivity index (χ0n) is 13.9. The number of amides is 1. The number of hydrogen-bond donors (Lipinski definition) is 2. The van der Waals surface area contributed by atoms with E-state index in [4.69, 9.17) is 5.26 Å². The maximum Gasteiger partial charge on any atom is 0.249 e. The van der Waals surface area contributed by atoms with E-state index in [1.165, 1.54) is 29.2 Å². The number of aliphatic hydroxyl groups is 1. The fourth-order valence-corrected chi connectivity index (χ4v) is 2.45. The highest BCUT2D eigenvalue weighted by molar-refractivity contribution is 5.98. The molecule has 0 bridgehead atoms. The van der Waals surface area contributed by atoms with Crippen molar-refractivity contribution < 1.29 is 14.3 Å². The molecule has 25 heavy (non-hydrogen) atoms. The topological polar surface area (TPSA) is 76.4 Å². The van der Waals surface area contributed by atoms with E-state index in [2.05, 4.69) is 5.32 Å². The van der Waals surface area contributed by atoms with Crippen molar-refractivity contribution in [1.29, 1.82) is 5.26 Å².